The van der Waals surface area contributed by atoms with Gasteiger partial charge < -0.3 is 10.8 Å². The molecule has 0 aliphatic rings. The first kappa shape index (κ1) is 11.2. The zero-order chi connectivity index (χ0) is 9.56. The van der Waals surface area contributed by atoms with Gasteiger partial charge in [-0.3, -0.25) is 5.43 Å². The van der Waals surface area contributed by atoms with E-state index in [4.69, 9.17) is 16.7 Å². The number of aliphatic imine (C=N–C) groups is 1. The van der Waals surface area contributed by atoms with Gasteiger partial charge in [-0.05, 0) is 12.3 Å². The van der Waals surface area contributed by atoms with Crippen molar-refractivity contribution in [3.05, 3.63) is 0 Å². The van der Waals surface area contributed by atoms with Crippen LogP contribution in [0.1, 0.15) is 20.3 Å². The molecular weight excluding hydrogens is 156 g/mol. The van der Waals surface area contributed by atoms with Crippen LogP contribution in [-0.4, -0.2) is 23.7 Å². The van der Waals surface area contributed by atoms with Gasteiger partial charge in [0, 0.05) is 6.61 Å². The summed E-state index contributed by atoms with van der Waals surface area (Å²) in [6.45, 7) is 4.16. The van der Waals surface area contributed by atoms with Crippen molar-refractivity contribution in [3.8, 4) is 0 Å². The van der Waals surface area contributed by atoms with E-state index in [1.54, 1.807) is 0 Å². The quantitative estimate of drug-likeness (QED) is 0.193. The summed E-state index contributed by atoms with van der Waals surface area (Å²) in [5, 5.41) is 8.71. The lowest BCUT2D eigenvalue weighted by Gasteiger charge is -2.15. The highest BCUT2D eigenvalue weighted by molar-refractivity contribution is 5.77. The fraction of sp³-hybridized carbons (Fsp3) is 0.857. The summed E-state index contributed by atoms with van der Waals surface area (Å²) in [5.74, 6) is 5.61. The van der Waals surface area contributed by atoms with Gasteiger partial charge in [0.05, 0.1) is 6.04 Å². The van der Waals surface area contributed by atoms with Crippen LogP contribution in [0.4, 0.5) is 0 Å². The smallest absolute Gasteiger partial charge is 0.203 e. The zero-order valence-corrected chi connectivity index (χ0v) is 7.62. The van der Waals surface area contributed by atoms with Crippen LogP contribution in [0.3, 0.4) is 0 Å². The first-order valence-electron chi connectivity index (χ1n) is 4.02. The van der Waals surface area contributed by atoms with Gasteiger partial charge in [0.1, 0.15) is 0 Å². The van der Waals surface area contributed by atoms with Crippen molar-refractivity contribution in [2.45, 2.75) is 26.3 Å². The van der Waals surface area contributed by atoms with Crippen LogP contribution >= 0.6 is 0 Å². The van der Waals surface area contributed by atoms with E-state index in [1.165, 1.54) is 0 Å². The Morgan fingerprint density at radius 3 is 2.50 bits per heavy atom. The van der Waals surface area contributed by atoms with Gasteiger partial charge in [0.2, 0.25) is 5.96 Å². The van der Waals surface area contributed by atoms with Crippen molar-refractivity contribution in [2.75, 3.05) is 6.61 Å². The zero-order valence-electron chi connectivity index (χ0n) is 7.62. The van der Waals surface area contributed by atoms with Gasteiger partial charge in [-0.2, -0.15) is 0 Å². The fourth-order valence-corrected chi connectivity index (χ4v) is 0.895. The van der Waals surface area contributed by atoms with Crippen molar-refractivity contribution in [3.63, 3.8) is 0 Å². The lowest BCUT2D eigenvalue weighted by Crippen LogP contribution is -2.38. The molecule has 72 valence electrons. The van der Waals surface area contributed by atoms with Crippen LogP contribution in [0.5, 0.6) is 0 Å². The second-order valence-corrected chi connectivity index (χ2v) is 2.98. The van der Waals surface area contributed by atoms with Gasteiger partial charge >= 0.3 is 0 Å². The minimum atomic E-state index is 0.0334. The maximum Gasteiger partial charge on any atom is 0.203 e. The van der Waals surface area contributed by atoms with Gasteiger partial charge in [-0.25, -0.2) is 10.8 Å². The number of rotatable bonds is 4. The molecule has 0 bridgehead atoms. The average molecular weight is 174 g/mol. The van der Waals surface area contributed by atoms with Crippen molar-refractivity contribution in [1.29, 1.82) is 0 Å². The summed E-state index contributed by atoms with van der Waals surface area (Å²) in [6.07, 6.45) is 0.611. The minimum absolute atomic E-state index is 0.0334. The second-order valence-electron chi connectivity index (χ2n) is 2.98. The molecule has 0 rings (SSSR count). The van der Waals surface area contributed by atoms with E-state index in [0.29, 0.717) is 12.3 Å². The molecule has 0 spiro atoms. The fourth-order valence-electron chi connectivity index (χ4n) is 0.895. The molecule has 0 heterocycles. The number of nitrogens with two attached hydrogens (primary N) is 2. The second kappa shape index (κ2) is 5.79. The van der Waals surface area contributed by atoms with Crippen LogP contribution in [0, 0.1) is 5.92 Å². The summed E-state index contributed by atoms with van der Waals surface area (Å²) < 4.78 is 0. The minimum Gasteiger partial charge on any atom is -0.396 e. The Kier molecular flexibility index (Phi) is 5.40. The summed E-state index contributed by atoms with van der Waals surface area (Å²) in [5.41, 5.74) is 7.63. The van der Waals surface area contributed by atoms with Crippen LogP contribution < -0.4 is 17.0 Å². The highest BCUT2D eigenvalue weighted by atomic mass is 16.3. The molecule has 0 aromatic rings. The lowest BCUT2D eigenvalue weighted by molar-refractivity contribution is 0.262. The molecule has 0 aliphatic carbocycles. The number of nitrogens with one attached hydrogen (secondary N) is 1. The van der Waals surface area contributed by atoms with Crippen LogP contribution in [0.25, 0.3) is 0 Å². The summed E-state index contributed by atoms with van der Waals surface area (Å²) >= 11 is 0. The monoisotopic (exact) mass is 174 g/mol. The molecule has 5 nitrogen and oxygen atoms in total. The van der Waals surface area contributed by atoms with Crippen molar-refractivity contribution in [1.82, 2.24) is 5.43 Å². The molecule has 0 aliphatic heterocycles. The Bertz CT molecular complexity index is 146. The van der Waals surface area contributed by atoms with E-state index in [1.807, 2.05) is 13.8 Å². The highest BCUT2D eigenvalue weighted by Gasteiger charge is 2.11. The highest BCUT2D eigenvalue weighted by Crippen LogP contribution is 2.09. The SMILES string of the molecule is CC(C)C(CCO)N=C(N)NN. The number of hydrazine groups is 1. The average Bonchev–Trinajstić information content (AvgIpc) is 2.03. The molecule has 0 saturated carbocycles. The van der Waals surface area contributed by atoms with Crippen LogP contribution in [0.2, 0.25) is 0 Å². The molecule has 1 unspecified atom stereocenters. The molecular formula is C7H18N4O. The molecule has 0 radical (unpaired) electrons. The molecule has 0 amide bonds. The number of hydrogen-bond acceptors (Lipinski definition) is 3. The van der Waals surface area contributed by atoms with E-state index in [-0.39, 0.29) is 18.6 Å². The summed E-state index contributed by atoms with van der Waals surface area (Å²) in [6, 6.07) is 0.0334. The van der Waals surface area contributed by atoms with Gasteiger partial charge in [0.25, 0.3) is 0 Å². The Hall–Kier alpha value is -0.810. The van der Waals surface area contributed by atoms with Crippen LogP contribution in [0.15, 0.2) is 4.99 Å². The maximum absolute atomic E-state index is 8.71. The first-order chi connectivity index (χ1) is 5.61. The molecule has 1 atom stereocenters. The Morgan fingerprint density at radius 2 is 2.17 bits per heavy atom. The first-order valence-corrected chi connectivity index (χ1v) is 4.02. The number of aliphatic hydroxyl groups excluding tert-OH is 1. The van der Waals surface area contributed by atoms with Crippen molar-refractivity contribution >= 4 is 5.96 Å². The maximum atomic E-state index is 8.71. The van der Waals surface area contributed by atoms with E-state index in [9.17, 15) is 0 Å². The van der Waals surface area contributed by atoms with Gasteiger partial charge in [-0.1, -0.05) is 13.8 Å². The van der Waals surface area contributed by atoms with Crippen LogP contribution in [-0.2, 0) is 0 Å². The topological polar surface area (TPSA) is 96.7 Å². The molecule has 0 fully saturated rings. The molecule has 0 saturated heterocycles. The Morgan fingerprint density at radius 1 is 1.58 bits per heavy atom. The van der Waals surface area contributed by atoms with E-state index < -0.39 is 0 Å². The molecule has 0 aromatic heterocycles. The summed E-state index contributed by atoms with van der Waals surface area (Å²) in [7, 11) is 0. The normalized spacial score (nSPS) is 14.9. The molecule has 5 heteroatoms. The largest absolute Gasteiger partial charge is 0.396 e. The number of guanidine groups is 1. The molecule has 0 aromatic carbocycles. The van der Waals surface area contributed by atoms with E-state index in [2.05, 4.69) is 10.4 Å². The predicted molar refractivity (Wildman–Crippen MR) is 49.3 cm³/mol. The van der Waals surface area contributed by atoms with E-state index in [0.717, 1.165) is 0 Å². The number of hydrogen-bond donors (Lipinski definition) is 4. The summed E-state index contributed by atoms with van der Waals surface area (Å²) in [4.78, 5) is 4.08. The van der Waals surface area contributed by atoms with Gasteiger partial charge in [-0.15, -0.1) is 0 Å². The molecule has 6 N–H and O–H groups in total. The number of aliphatic hydroxyl groups is 1. The third-order valence-corrected chi connectivity index (χ3v) is 1.65. The Labute approximate surface area is 72.8 Å². The van der Waals surface area contributed by atoms with Crippen molar-refractivity contribution in [2.24, 2.45) is 22.5 Å². The third kappa shape index (κ3) is 4.15. The third-order valence-electron chi connectivity index (χ3n) is 1.65. The van der Waals surface area contributed by atoms with E-state index >= 15 is 0 Å². The van der Waals surface area contributed by atoms with Crippen molar-refractivity contribution < 1.29 is 5.11 Å². The lowest BCUT2D eigenvalue weighted by atomic mass is 10.0. The number of nitrogens with zero attached hydrogens (tertiary/aromatic N) is 1. The van der Waals surface area contributed by atoms with Gasteiger partial charge in [0.15, 0.2) is 0 Å². The predicted octanol–water partition coefficient (Wildman–Crippen LogP) is -0.829. The molecule has 12 heavy (non-hydrogen) atoms. The standard InChI is InChI=1S/C7H18N4O/c1-5(2)6(3-4-12)10-7(8)11-9/h5-6,12H,3-4,9H2,1-2H3,(H3,8,10,11). The Balaban J connectivity index is 4.11.